The Labute approximate surface area is 285 Å². The van der Waals surface area contributed by atoms with Gasteiger partial charge in [0.1, 0.15) is 0 Å². The number of ether oxygens (including phenoxy) is 4. The third kappa shape index (κ3) is 12.9. The van der Waals surface area contributed by atoms with Crippen molar-refractivity contribution in [1.29, 1.82) is 0 Å². The molecule has 0 aliphatic rings. The van der Waals surface area contributed by atoms with E-state index in [-0.39, 0.29) is 47.5 Å². The van der Waals surface area contributed by atoms with Gasteiger partial charge in [-0.3, -0.25) is 19.0 Å². The lowest BCUT2D eigenvalue weighted by atomic mass is 10.1. The zero-order valence-electron chi connectivity index (χ0n) is 27.9. The summed E-state index contributed by atoms with van der Waals surface area (Å²) >= 11 is 0. The fraction of sp³-hybridized carbons (Fsp3) is 0.441. The molecule has 1 heterocycles. The summed E-state index contributed by atoms with van der Waals surface area (Å²) in [7, 11) is -2.79. The maximum absolute atomic E-state index is 12.8. The lowest BCUT2D eigenvalue weighted by molar-refractivity contribution is -0.832. The highest BCUT2D eigenvalue weighted by molar-refractivity contribution is 7.91. The van der Waals surface area contributed by atoms with Gasteiger partial charge in [-0.1, -0.05) is 50.3 Å². The van der Waals surface area contributed by atoms with Crippen molar-refractivity contribution in [3.8, 4) is 17.4 Å². The molecule has 49 heavy (non-hydrogen) atoms. The van der Waals surface area contributed by atoms with Crippen molar-refractivity contribution in [2.24, 2.45) is 5.92 Å². The largest absolute Gasteiger partial charge is 0.493 e. The number of hydrogen-bond donors (Lipinski definition) is 1. The topological polar surface area (TPSA) is 187 Å². The van der Waals surface area contributed by atoms with Crippen LogP contribution in [0.2, 0.25) is 0 Å². The Morgan fingerprint density at radius 1 is 0.959 bits per heavy atom. The van der Waals surface area contributed by atoms with Gasteiger partial charge in [0.2, 0.25) is 5.91 Å². The lowest BCUT2D eigenvalue weighted by Crippen LogP contribution is -2.31. The number of carbonyl (C=O) groups is 3. The molecule has 0 saturated heterocycles. The fourth-order valence-electron chi connectivity index (χ4n) is 4.36. The van der Waals surface area contributed by atoms with Gasteiger partial charge in [-0.05, 0) is 72.8 Å². The third-order valence-corrected chi connectivity index (χ3v) is 8.64. The number of methoxy groups -OCH3 is 1. The molecule has 0 bridgehead atoms. The summed E-state index contributed by atoms with van der Waals surface area (Å²) in [4.78, 5) is 36.4. The molecule has 14 nitrogen and oxygen atoms in total. The van der Waals surface area contributed by atoms with Crippen LogP contribution in [0.1, 0.15) is 70.8 Å². The summed E-state index contributed by atoms with van der Waals surface area (Å²) in [5, 5.41) is 17.5. The van der Waals surface area contributed by atoms with Gasteiger partial charge in [-0.25, -0.2) is 8.42 Å². The van der Waals surface area contributed by atoms with E-state index in [1.807, 2.05) is 0 Å². The minimum absolute atomic E-state index is 0.0221. The standard InChI is InChI=1S/C34H43N3O11S/c1-25(2)13-7-4-5-10-16-30(38)35-24-26-17-18-28(29(23-26)44-3)47-32(40)20-19-31(39)45-21-11-12-22-46-33-34(37(41)48-36-33)49(42,43)27-14-8-6-9-15-27/h6-9,13-15,17-18,23,25H,4-5,10-12,16,19-22,24H2,1-3H3,(H,35,38)/b13-7+. The van der Waals surface area contributed by atoms with E-state index in [4.69, 9.17) is 18.9 Å². The number of carbonyl (C=O) groups excluding carboxylic acids is 3. The number of rotatable bonds is 21. The molecule has 0 saturated carbocycles. The number of aromatic nitrogens is 2. The van der Waals surface area contributed by atoms with E-state index >= 15 is 0 Å². The summed E-state index contributed by atoms with van der Waals surface area (Å²) in [5.41, 5.74) is 0.770. The van der Waals surface area contributed by atoms with Crippen LogP contribution in [0.15, 0.2) is 75.2 Å². The summed E-state index contributed by atoms with van der Waals surface area (Å²) in [6, 6.07) is 12.3. The molecule has 3 rings (SSSR count). The third-order valence-electron chi connectivity index (χ3n) is 6.92. The summed E-state index contributed by atoms with van der Waals surface area (Å²) in [6.07, 6.45) is 7.70. The molecule has 2 aromatic carbocycles. The van der Waals surface area contributed by atoms with Crippen LogP contribution in [0.3, 0.4) is 0 Å². The maximum atomic E-state index is 12.8. The van der Waals surface area contributed by atoms with E-state index in [1.54, 1.807) is 24.3 Å². The molecule has 0 unspecified atom stereocenters. The van der Waals surface area contributed by atoms with E-state index < -0.39 is 32.7 Å². The van der Waals surface area contributed by atoms with Crippen molar-refractivity contribution < 1.29 is 51.3 Å². The highest BCUT2D eigenvalue weighted by atomic mass is 32.2. The summed E-state index contributed by atoms with van der Waals surface area (Å²) in [5.74, 6) is -0.770. The zero-order valence-corrected chi connectivity index (χ0v) is 28.7. The van der Waals surface area contributed by atoms with Crippen molar-refractivity contribution in [1.82, 2.24) is 10.5 Å². The first-order valence-electron chi connectivity index (χ1n) is 16.0. The lowest BCUT2D eigenvalue weighted by Gasteiger charge is -2.12. The first-order chi connectivity index (χ1) is 23.5. The first-order valence-corrected chi connectivity index (χ1v) is 17.5. The highest BCUT2D eigenvalue weighted by Crippen LogP contribution is 2.29. The second-order valence-corrected chi connectivity index (χ2v) is 13.2. The summed E-state index contributed by atoms with van der Waals surface area (Å²) in [6.45, 7) is 4.54. The predicted octanol–water partition coefficient (Wildman–Crippen LogP) is 4.63. The number of allylic oxidation sites excluding steroid dienone is 2. The number of benzene rings is 2. The van der Waals surface area contributed by atoms with E-state index in [9.17, 15) is 28.0 Å². The first kappa shape index (κ1) is 38.5. The fourth-order valence-corrected chi connectivity index (χ4v) is 5.66. The number of sulfone groups is 1. The van der Waals surface area contributed by atoms with Crippen molar-refractivity contribution in [3.05, 3.63) is 71.5 Å². The van der Waals surface area contributed by atoms with Gasteiger partial charge >= 0.3 is 22.8 Å². The second kappa shape index (κ2) is 19.8. The Bertz CT molecular complexity index is 1650. The minimum atomic E-state index is -4.23. The highest BCUT2D eigenvalue weighted by Gasteiger charge is 2.35. The van der Waals surface area contributed by atoms with Gasteiger partial charge in [-0.2, -0.15) is 0 Å². The molecule has 1 amide bonds. The Balaban J connectivity index is 1.32. The molecule has 0 spiro atoms. The maximum Gasteiger partial charge on any atom is 0.414 e. The molecule has 1 N–H and O–H groups in total. The molecule has 0 radical (unpaired) electrons. The number of hydrogen-bond acceptors (Lipinski definition) is 12. The van der Waals surface area contributed by atoms with Crippen LogP contribution in [0.4, 0.5) is 0 Å². The van der Waals surface area contributed by atoms with E-state index in [1.165, 1.54) is 31.4 Å². The van der Waals surface area contributed by atoms with Gasteiger partial charge < -0.3 is 29.5 Å². The average Bonchev–Trinajstić information content (AvgIpc) is 3.47. The van der Waals surface area contributed by atoms with Gasteiger partial charge in [0.25, 0.3) is 9.84 Å². The van der Waals surface area contributed by atoms with Gasteiger partial charge in [-0.15, -0.1) is 0 Å². The smallest absolute Gasteiger partial charge is 0.414 e. The van der Waals surface area contributed by atoms with E-state index in [0.717, 1.165) is 24.8 Å². The summed E-state index contributed by atoms with van der Waals surface area (Å²) < 4.78 is 51.2. The number of amides is 1. The molecule has 0 fully saturated rings. The molecule has 1 aromatic heterocycles. The van der Waals surface area contributed by atoms with Crippen molar-refractivity contribution in [3.63, 3.8) is 0 Å². The molecular weight excluding hydrogens is 658 g/mol. The van der Waals surface area contributed by atoms with E-state index in [0.29, 0.717) is 37.5 Å². The minimum Gasteiger partial charge on any atom is -0.493 e. The monoisotopic (exact) mass is 701 g/mol. The van der Waals surface area contributed by atoms with Gasteiger partial charge in [0.05, 0.1) is 43.2 Å². The van der Waals surface area contributed by atoms with Crippen LogP contribution in [0.25, 0.3) is 0 Å². The predicted molar refractivity (Wildman–Crippen MR) is 175 cm³/mol. The number of esters is 2. The zero-order chi connectivity index (χ0) is 35.6. The SMILES string of the molecule is COc1cc(CNC(=O)CCCC/C=C/C(C)C)ccc1OC(=O)CCC(=O)OCCCCOc1no[n+]([O-])c1S(=O)(=O)c1ccccc1. The molecule has 3 aromatic rings. The van der Waals surface area contributed by atoms with Crippen molar-refractivity contribution in [2.45, 2.75) is 81.7 Å². The number of nitrogens with one attached hydrogen (secondary N) is 1. The average molecular weight is 702 g/mol. The normalized spacial score (nSPS) is 11.4. The molecule has 0 aliphatic heterocycles. The van der Waals surface area contributed by atoms with Crippen LogP contribution >= 0.6 is 0 Å². The quantitative estimate of drug-likeness (QED) is 0.0534. The Morgan fingerprint density at radius 2 is 1.69 bits per heavy atom. The van der Waals surface area contributed by atoms with E-state index in [2.05, 4.69) is 41.1 Å². The van der Waals surface area contributed by atoms with Crippen molar-refractivity contribution >= 4 is 27.7 Å². The van der Waals surface area contributed by atoms with Gasteiger partial charge in [0, 0.05) is 13.0 Å². The van der Waals surface area contributed by atoms with Crippen LogP contribution < -0.4 is 24.4 Å². The number of unbranched alkanes of at least 4 members (excludes halogenated alkanes) is 3. The van der Waals surface area contributed by atoms with Crippen LogP contribution in [0.5, 0.6) is 17.4 Å². The second-order valence-electron chi connectivity index (χ2n) is 11.3. The Morgan fingerprint density at radius 3 is 2.43 bits per heavy atom. The molecule has 0 atom stereocenters. The molecule has 15 heteroatoms. The van der Waals surface area contributed by atoms with Gasteiger partial charge in [0.15, 0.2) is 11.5 Å². The molecular formula is C34H43N3O11S. The Kier molecular flexibility index (Phi) is 15.6. The van der Waals surface area contributed by atoms with Crippen LogP contribution in [-0.4, -0.2) is 51.7 Å². The number of nitrogens with zero attached hydrogens (tertiary/aromatic N) is 2. The molecule has 0 aliphatic carbocycles. The van der Waals surface area contributed by atoms with Crippen LogP contribution in [0, 0.1) is 11.1 Å². The van der Waals surface area contributed by atoms with Crippen molar-refractivity contribution in [2.75, 3.05) is 20.3 Å². The molecule has 266 valence electrons. The van der Waals surface area contributed by atoms with Crippen LogP contribution in [-0.2, 0) is 35.5 Å². The Hall–Kier alpha value is -4.92.